The molecule has 2 aromatic rings. The first-order chi connectivity index (χ1) is 17.5. The summed E-state index contributed by atoms with van der Waals surface area (Å²) in [6.07, 6.45) is 2.47. The number of benzene rings is 2. The van der Waals surface area contributed by atoms with Gasteiger partial charge < -0.3 is 19.9 Å². The molecule has 2 heterocycles. The van der Waals surface area contributed by atoms with E-state index in [2.05, 4.69) is 10.2 Å². The molecule has 0 radical (unpaired) electrons. The molecule has 8 heteroatoms. The maximum absolute atomic E-state index is 13.7. The van der Waals surface area contributed by atoms with Gasteiger partial charge in [-0.25, -0.2) is 4.39 Å². The van der Waals surface area contributed by atoms with Crippen LogP contribution in [0.1, 0.15) is 30.4 Å². The number of hydrogen-bond acceptors (Lipinski definition) is 5. The summed E-state index contributed by atoms with van der Waals surface area (Å²) in [6, 6.07) is 13.9. The quantitative estimate of drug-likeness (QED) is 0.611. The van der Waals surface area contributed by atoms with E-state index >= 15 is 0 Å². The van der Waals surface area contributed by atoms with Gasteiger partial charge in [0.2, 0.25) is 11.8 Å². The predicted octanol–water partition coefficient (Wildman–Crippen LogP) is 2.65. The monoisotopic (exact) mass is 494 g/mol. The molecule has 2 aliphatic heterocycles. The Morgan fingerprint density at radius 1 is 1.08 bits per heavy atom. The van der Waals surface area contributed by atoms with Crippen LogP contribution < -0.4 is 10.1 Å². The van der Waals surface area contributed by atoms with E-state index in [0.29, 0.717) is 39.1 Å². The largest absolute Gasteiger partial charge is 0.497 e. The van der Waals surface area contributed by atoms with Crippen molar-refractivity contribution in [2.45, 2.75) is 44.4 Å². The third-order valence-electron chi connectivity index (χ3n) is 7.53. The van der Waals surface area contributed by atoms with Gasteiger partial charge in [0.1, 0.15) is 11.6 Å². The third-order valence-corrected chi connectivity index (χ3v) is 7.53. The van der Waals surface area contributed by atoms with E-state index in [1.807, 2.05) is 34.1 Å². The maximum Gasteiger partial charge on any atom is 0.240 e. The molecule has 0 bridgehead atoms. The first kappa shape index (κ1) is 24.7. The van der Waals surface area contributed by atoms with Gasteiger partial charge in [-0.05, 0) is 54.7 Å². The highest BCUT2D eigenvalue weighted by Crippen LogP contribution is 2.35. The van der Waals surface area contributed by atoms with Crippen LogP contribution in [0.5, 0.6) is 5.75 Å². The molecule has 36 heavy (non-hydrogen) atoms. The first-order valence-corrected chi connectivity index (χ1v) is 12.9. The average molecular weight is 495 g/mol. The van der Waals surface area contributed by atoms with Crippen molar-refractivity contribution in [2.75, 3.05) is 39.8 Å². The molecule has 2 amide bonds. The average Bonchev–Trinajstić information content (AvgIpc) is 3.69. The lowest BCUT2D eigenvalue weighted by Crippen LogP contribution is -2.52. The van der Waals surface area contributed by atoms with E-state index in [9.17, 15) is 14.0 Å². The number of carbonyl (C=O) groups excluding carboxylic acids is 2. The van der Waals surface area contributed by atoms with Crippen molar-refractivity contribution in [2.24, 2.45) is 5.92 Å². The summed E-state index contributed by atoms with van der Waals surface area (Å²) in [5.74, 6) is 0.888. The zero-order valence-corrected chi connectivity index (χ0v) is 20.9. The maximum atomic E-state index is 13.7. The van der Waals surface area contributed by atoms with Crippen molar-refractivity contribution in [1.29, 1.82) is 0 Å². The fourth-order valence-electron chi connectivity index (χ4n) is 5.38. The number of halogens is 1. The van der Waals surface area contributed by atoms with E-state index in [-0.39, 0.29) is 35.6 Å². The number of ether oxygens (including phenoxy) is 1. The number of amides is 2. The van der Waals surface area contributed by atoms with Crippen LogP contribution in [-0.4, -0.2) is 78.4 Å². The van der Waals surface area contributed by atoms with Crippen molar-refractivity contribution in [3.05, 3.63) is 65.5 Å². The minimum absolute atomic E-state index is 0.0679. The van der Waals surface area contributed by atoms with Gasteiger partial charge in [0, 0.05) is 57.8 Å². The Balaban J connectivity index is 1.39. The topological polar surface area (TPSA) is 65.1 Å². The summed E-state index contributed by atoms with van der Waals surface area (Å²) in [7, 11) is 1.64. The van der Waals surface area contributed by atoms with Gasteiger partial charge in [-0.15, -0.1) is 0 Å². The number of piperazine rings is 1. The molecular weight excluding hydrogens is 459 g/mol. The second kappa shape index (κ2) is 11.0. The smallest absolute Gasteiger partial charge is 0.240 e. The van der Waals surface area contributed by atoms with Gasteiger partial charge in [-0.1, -0.05) is 24.3 Å². The second-order valence-corrected chi connectivity index (χ2v) is 10.1. The van der Waals surface area contributed by atoms with E-state index < -0.39 is 0 Å². The predicted molar refractivity (Wildman–Crippen MR) is 135 cm³/mol. The van der Waals surface area contributed by atoms with Crippen LogP contribution in [-0.2, 0) is 22.7 Å². The van der Waals surface area contributed by atoms with Crippen molar-refractivity contribution in [3.63, 3.8) is 0 Å². The van der Waals surface area contributed by atoms with Crippen molar-refractivity contribution < 1.29 is 18.7 Å². The van der Waals surface area contributed by atoms with Crippen molar-refractivity contribution in [3.8, 4) is 5.75 Å². The number of rotatable bonds is 8. The SMILES string of the molecule is COc1cccc(CN(C(=O)C2CC2)C2CC(C(=O)N3CCNCC3)N(Cc3ccc(F)cc3)C2)c1. The summed E-state index contributed by atoms with van der Waals surface area (Å²) in [5, 5.41) is 3.31. The van der Waals surface area contributed by atoms with E-state index in [1.165, 1.54) is 12.1 Å². The molecule has 2 saturated heterocycles. The fourth-order valence-corrected chi connectivity index (χ4v) is 5.38. The first-order valence-electron chi connectivity index (χ1n) is 12.9. The number of carbonyl (C=O) groups is 2. The van der Waals surface area contributed by atoms with Crippen LogP contribution in [0.2, 0.25) is 0 Å². The molecule has 1 saturated carbocycles. The fraction of sp³-hybridized carbons (Fsp3) is 0.500. The van der Waals surface area contributed by atoms with Crippen LogP contribution in [0.4, 0.5) is 4.39 Å². The molecule has 3 fully saturated rings. The number of hydrogen-bond donors (Lipinski definition) is 1. The molecule has 0 aromatic heterocycles. The lowest BCUT2D eigenvalue weighted by atomic mass is 10.1. The summed E-state index contributed by atoms with van der Waals surface area (Å²) in [6.45, 7) is 4.63. The van der Waals surface area contributed by atoms with Gasteiger partial charge in [-0.3, -0.25) is 14.5 Å². The minimum atomic E-state index is -0.307. The van der Waals surface area contributed by atoms with Gasteiger partial charge in [0.25, 0.3) is 0 Å². The molecule has 5 rings (SSSR count). The molecule has 2 aromatic carbocycles. The normalized spacial score (nSPS) is 22.4. The molecular formula is C28H35FN4O3. The van der Waals surface area contributed by atoms with Crippen LogP contribution in [0.15, 0.2) is 48.5 Å². The summed E-state index contributed by atoms with van der Waals surface area (Å²) in [5.41, 5.74) is 1.98. The summed E-state index contributed by atoms with van der Waals surface area (Å²) in [4.78, 5) is 33.2. The number of methoxy groups -OCH3 is 1. The van der Waals surface area contributed by atoms with Crippen LogP contribution in [0.25, 0.3) is 0 Å². The number of nitrogens with zero attached hydrogens (tertiary/aromatic N) is 3. The van der Waals surface area contributed by atoms with Crippen LogP contribution >= 0.6 is 0 Å². The van der Waals surface area contributed by atoms with E-state index in [0.717, 1.165) is 42.8 Å². The van der Waals surface area contributed by atoms with Gasteiger partial charge in [0.05, 0.1) is 13.2 Å². The Bertz CT molecular complexity index is 1070. The molecule has 3 aliphatic rings. The van der Waals surface area contributed by atoms with Crippen LogP contribution in [0, 0.1) is 11.7 Å². The second-order valence-electron chi connectivity index (χ2n) is 10.1. The number of likely N-dealkylation sites (tertiary alicyclic amines) is 1. The van der Waals surface area contributed by atoms with Gasteiger partial charge in [0.15, 0.2) is 0 Å². The van der Waals surface area contributed by atoms with Crippen LogP contribution in [0.3, 0.4) is 0 Å². The minimum Gasteiger partial charge on any atom is -0.497 e. The zero-order chi connectivity index (χ0) is 25.1. The van der Waals surface area contributed by atoms with Crippen molar-refractivity contribution in [1.82, 2.24) is 20.0 Å². The number of nitrogens with one attached hydrogen (secondary N) is 1. The highest BCUT2D eigenvalue weighted by atomic mass is 19.1. The lowest BCUT2D eigenvalue weighted by Gasteiger charge is -2.32. The van der Waals surface area contributed by atoms with Gasteiger partial charge in [-0.2, -0.15) is 0 Å². The molecule has 2 unspecified atom stereocenters. The van der Waals surface area contributed by atoms with E-state index in [4.69, 9.17) is 4.74 Å². The summed E-state index contributed by atoms with van der Waals surface area (Å²) < 4.78 is 18.9. The standard InChI is InChI=1S/C28H35FN4O3/c1-36-25-4-2-3-21(15-25)18-33(27(34)22-7-8-22)24-16-26(28(35)31-13-11-30-12-14-31)32(19-24)17-20-5-9-23(29)10-6-20/h2-6,9-10,15,22,24,26,30H,7-8,11-14,16-19H2,1H3. The molecule has 192 valence electrons. The zero-order valence-electron chi connectivity index (χ0n) is 20.9. The Kier molecular flexibility index (Phi) is 7.53. The lowest BCUT2D eigenvalue weighted by molar-refractivity contribution is -0.137. The Morgan fingerprint density at radius 3 is 2.53 bits per heavy atom. The van der Waals surface area contributed by atoms with Gasteiger partial charge >= 0.3 is 0 Å². The Morgan fingerprint density at radius 2 is 1.83 bits per heavy atom. The summed E-state index contributed by atoms with van der Waals surface area (Å²) >= 11 is 0. The Labute approximate surface area is 212 Å². The highest BCUT2D eigenvalue weighted by Gasteiger charge is 2.44. The molecule has 1 N–H and O–H groups in total. The molecule has 1 aliphatic carbocycles. The van der Waals surface area contributed by atoms with E-state index in [1.54, 1.807) is 19.2 Å². The third kappa shape index (κ3) is 5.71. The highest BCUT2D eigenvalue weighted by molar-refractivity contribution is 5.84. The molecule has 7 nitrogen and oxygen atoms in total. The Hall–Kier alpha value is -2.97. The molecule has 2 atom stereocenters. The molecule has 0 spiro atoms. The van der Waals surface area contributed by atoms with Crippen molar-refractivity contribution >= 4 is 11.8 Å².